The van der Waals surface area contributed by atoms with Crippen molar-refractivity contribution in [2.45, 2.75) is 44.8 Å². The van der Waals surface area contributed by atoms with Crippen molar-refractivity contribution in [3.8, 4) is 0 Å². The largest absolute Gasteiger partial charge is 0.373 e. The highest BCUT2D eigenvalue weighted by Gasteiger charge is 2.33. The molecule has 2 heterocycles. The predicted octanol–water partition coefficient (Wildman–Crippen LogP) is 1.98. The number of hydrogen-bond donors (Lipinski definition) is 0. The van der Waals surface area contributed by atoms with Crippen LogP contribution >= 0.6 is 0 Å². The molecule has 0 amide bonds. The van der Waals surface area contributed by atoms with Gasteiger partial charge in [0.25, 0.3) is 0 Å². The Morgan fingerprint density at radius 2 is 2.00 bits per heavy atom. The Kier molecular flexibility index (Phi) is 2.66. The Morgan fingerprint density at radius 1 is 1.25 bits per heavy atom. The molecule has 0 bridgehead atoms. The molecule has 3 atom stereocenters. The van der Waals surface area contributed by atoms with Gasteiger partial charge in [-0.2, -0.15) is 0 Å². The van der Waals surface area contributed by atoms with Crippen LogP contribution in [-0.4, -0.2) is 25.4 Å². The van der Waals surface area contributed by atoms with Crippen molar-refractivity contribution in [3.63, 3.8) is 0 Å². The molecule has 3 unspecified atom stereocenters. The molecule has 2 saturated heterocycles. The monoisotopic (exact) mass is 170 g/mol. The zero-order valence-electron chi connectivity index (χ0n) is 7.79. The van der Waals surface area contributed by atoms with E-state index < -0.39 is 0 Å². The van der Waals surface area contributed by atoms with Crippen LogP contribution in [0.4, 0.5) is 0 Å². The summed E-state index contributed by atoms with van der Waals surface area (Å²) in [5, 5.41) is 0. The topological polar surface area (TPSA) is 25.1 Å². The molecule has 2 heteroatoms. The van der Waals surface area contributed by atoms with Gasteiger partial charge in [-0.1, -0.05) is 13.3 Å². The molecule has 0 aromatic heterocycles. The molecule has 70 valence electrons. The van der Waals surface area contributed by atoms with Crippen molar-refractivity contribution in [1.29, 1.82) is 0 Å². The van der Waals surface area contributed by atoms with Crippen LogP contribution in [0.25, 0.3) is 0 Å². The molecular formula is C10H18O2. The Labute approximate surface area is 74.2 Å². The van der Waals surface area contributed by atoms with Crippen LogP contribution in [0.15, 0.2) is 0 Å². The number of hydrogen-bond acceptors (Lipinski definition) is 2. The summed E-state index contributed by atoms with van der Waals surface area (Å²) in [5.74, 6) is 0.819. The molecule has 2 nitrogen and oxygen atoms in total. The molecule has 2 aliphatic rings. The lowest BCUT2D eigenvalue weighted by Crippen LogP contribution is -2.09. The van der Waals surface area contributed by atoms with Gasteiger partial charge in [-0.3, -0.25) is 0 Å². The normalized spacial score (nSPS) is 34.8. The summed E-state index contributed by atoms with van der Waals surface area (Å²) in [5.41, 5.74) is 0. The number of epoxide rings is 2. The van der Waals surface area contributed by atoms with Gasteiger partial charge in [-0.25, -0.2) is 0 Å². The predicted molar refractivity (Wildman–Crippen MR) is 47.1 cm³/mol. The van der Waals surface area contributed by atoms with Gasteiger partial charge in [0.2, 0.25) is 0 Å². The van der Waals surface area contributed by atoms with E-state index in [9.17, 15) is 0 Å². The summed E-state index contributed by atoms with van der Waals surface area (Å²) in [6, 6.07) is 0. The first-order valence-electron chi connectivity index (χ1n) is 5.13. The van der Waals surface area contributed by atoms with Crippen LogP contribution < -0.4 is 0 Å². The van der Waals surface area contributed by atoms with Crippen LogP contribution in [0.1, 0.15) is 32.6 Å². The van der Waals surface area contributed by atoms with Gasteiger partial charge in [-0.05, 0) is 25.2 Å². The van der Waals surface area contributed by atoms with Gasteiger partial charge < -0.3 is 9.47 Å². The maximum atomic E-state index is 5.34. The second-order valence-electron chi connectivity index (χ2n) is 3.95. The summed E-state index contributed by atoms with van der Waals surface area (Å²) in [6.07, 6.45) is 6.38. The lowest BCUT2D eigenvalue weighted by atomic mass is 9.94. The molecular weight excluding hydrogens is 152 g/mol. The first kappa shape index (κ1) is 8.52. The highest BCUT2D eigenvalue weighted by molar-refractivity contribution is 4.81. The molecule has 0 radical (unpaired) electrons. The van der Waals surface area contributed by atoms with Crippen molar-refractivity contribution < 1.29 is 9.47 Å². The van der Waals surface area contributed by atoms with E-state index in [-0.39, 0.29) is 0 Å². The first-order valence-corrected chi connectivity index (χ1v) is 5.13. The summed E-state index contributed by atoms with van der Waals surface area (Å²) in [6.45, 7) is 4.27. The van der Waals surface area contributed by atoms with Crippen LogP contribution in [-0.2, 0) is 9.47 Å². The second-order valence-corrected chi connectivity index (χ2v) is 3.95. The van der Waals surface area contributed by atoms with Gasteiger partial charge in [0.15, 0.2) is 0 Å². The van der Waals surface area contributed by atoms with Crippen LogP contribution in [0, 0.1) is 5.92 Å². The minimum absolute atomic E-state index is 0.600. The summed E-state index contributed by atoms with van der Waals surface area (Å²) in [4.78, 5) is 0. The van der Waals surface area contributed by atoms with E-state index >= 15 is 0 Å². The van der Waals surface area contributed by atoms with E-state index in [2.05, 4.69) is 6.92 Å². The van der Waals surface area contributed by atoms with Crippen molar-refractivity contribution in [1.82, 2.24) is 0 Å². The Morgan fingerprint density at radius 3 is 2.50 bits per heavy atom. The molecule has 2 fully saturated rings. The van der Waals surface area contributed by atoms with E-state index in [0.717, 1.165) is 19.1 Å². The minimum Gasteiger partial charge on any atom is -0.373 e. The zero-order chi connectivity index (χ0) is 8.39. The summed E-state index contributed by atoms with van der Waals surface area (Å²) in [7, 11) is 0. The third-order valence-corrected chi connectivity index (χ3v) is 2.81. The molecule has 12 heavy (non-hydrogen) atoms. The highest BCUT2D eigenvalue weighted by Crippen LogP contribution is 2.30. The van der Waals surface area contributed by atoms with Crippen LogP contribution in [0.2, 0.25) is 0 Å². The first-order chi connectivity index (χ1) is 5.90. The van der Waals surface area contributed by atoms with Gasteiger partial charge >= 0.3 is 0 Å². The minimum atomic E-state index is 0.600. The Hall–Kier alpha value is -0.0800. The fourth-order valence-electron chi connectivity index (χ4n) is 1.85. The van der Waals surface area contributed by atoms with E-state index in [1.807, 2.05) is 0 Å². The van der Waals surface area contributed by atoms with Gasteiger partial charge in [0.1, 0.15) is 0 Å². The molecule has 0 aromatic rings. The van der Waals surface area contributed by atoms with Crippen molar-refractivity contribution in [2.75, 3.05) is 13.2 Å². The van der Waals surface area contributed by atoms with E-state index in [1.54, 1.807) is 0 Å². The molecule has 0 N–H and O–H groups in total. The highest BCUT2D eigenvalue weighted by atomic mass is 16.6. The van der Waals surface area contributed by atoms with Gasteiger partial charge in [0, 0.05) is 0 Å². The third-order valence-electron chi connectivity index (χ3n) is 2.81. The van der Waals surface area contributed by atoms with Crippen LogP contribution in [0.3, 0.4) is 0 Å². The SMILES string of the molecule is CCCC(CCC1CO1)C1CO1. The van der Waals surface area contributed by atoms with Crippen molar-refractivity contribution >= 4 is 0 Å². The molecule has 2 aliphatic heterocycles. The smallest absolute Gasteiger partial charge is 0.0838 e. The number of rotatable bonds is 6. The Bertz CT molecular complexity index is 139. The molecule has 0 aliphatic carbocycles. The van der Waals surface area contributed by atoms with Crippen LogP contribution in [0.5, 0.6) is 0 Å². The maximum absolute atomic E-state index is 5.34. The number of ether oxygens (including phenoxy) is 2. The Balaban J connectivity index is 1.64. The lowest BCUT2D eigenvalue weighted by molar-refractivity contribution is 0.284. The lowest BCUT2D eigenvalue weighted by Gasteiger charge is -2.11. The van der Waals surface area contributed by atoms with Gasteiger partial charge in [0.05, 0.1) is 25.4 Å². The van der Waals surface area contributed by atoms with E-state index in [1.165, 1.54) is 25.7 Å². The van der Waals surface area contributed by atoms with Crippen molar-refractivity contribution in [3.05, 3.63) is 0 Å². The molecule has 0 saturated carbocycles. The fraction of sp³-hybridized carbons (Fsp3) is 1.00. The molecule has 0 spiro atoms. The fourth-order valence-corrected chi connectivity index (χ4v) is 1.85. The van der Waals surface area contributed by atoms with E-state index in [4.69, 9.17) is 9.47 Å². The third kappa shape index (κ3) is 2.46. The molecule has 0 aromatic carbocycles. The summed E-state index contributed by atoms with van der Waals surface area (Å²) < 4.78 is 10.5. The maximum Gasteiger partial charge on any atom is 0.0838 e. The van der Waals surface area contributed by atoms with Crippen molar-refractivity contribution in [2.24, 2.45) is 5.92 Å². The van der Waals surface area contributed by atoms with Gasteiger partial charge in [-0.15, -0.1) is 0 Å². The average Bonchev–Trinajstić information content (AvgIpc) is 2.86. The zero-order valence-corrected chi connectivity index (χ0v) is 7.79. The standard InChI is InChI=1S/C10H18O2/c1-2-3-8(10-7-12-10)4-5-9-6-11-9/h8-10H,2-7H2,1H3. The second kappa shape index (κ2) is 3.75. The van der Waals surface area contributed by atoms with E-state index in [0.29, 0.717) is 12.2 Å². The average molecular weight is 170 g/mol. The quantitative estimate of drug-likeness (QED) is 0.569. The molecule has 2 rings (SSSR count). The summed E-state index contributed by atoms with van der Waals surface area (Å²) >= 11 is 0.